The monoisotopic (exact) mass is 544 g/mol. The van der Waals surface area contributed by atoms with E-state index >= 15 is 0 Å². The summed E-state index contributed by atoms with van der Waals surface area (Å²) >= 11 is 0. The third-order valence-electron chi connectivity index (χ3n) is 8.28. The number of likely N-dealkylation sites (tertiary alicyclic amines) is 1. The molecular weight excluding hydrogens is 510 g/mol. The van der Waals surface area contributed by atoms with Gasteiger partial charge < -0.3 is 15.0 Å². The maximum Gasteiger partial charge on any atom is 0.252 e. The van der Waals surface area contributed by atoms with Gasteiger partial charge in [0.1, 0.15) is 5.75 Å². The number of hydrogen-bond donors (Lipinski definition) is 1. The number of nitrogens with one attached hydrogen (secondary N) is 1. The molecule has 2 heterocycles. The van der Waals surface area contributed by atoms with Crippen molar-refractivity contribution >= 4 is 39.2 Å². The van der Waals surface area contributed by atoms with E-state index in [0.29, 0.717) is 17.4 Å². The number of likely N-dealkylation sites (N-methyl/N-ethyl adjacent to an activating group) is 1. The number of rotatable bonds is 8. The molecule has 5 nitrogen and oxygen atoms in total. The van der Waals surface area contributed by atoms with Crippen molar-refractivity contribution in [2.24, 2.45) is 0 Å². The van der Waals surface area contributed by atoms with Crippen molar-refractivity contribution < 1.29 is 9.53 Å². The maximum absolute atomic E-state index is 13.7. The van der Waals surface area contributed by atoms with Crippen LogP contribution in [0.1, 0.15) is 57.4 Å². The van der Waals surface area contributed by atoms with Gasteiger partial charge in [0, 0.05) is 23.2 Å². The average molecular weight is 545 g/mol. The van der Waals surface area contributed by atoms with Crippen LogP contribution in [0.25, 0.3) is 23.1 Å². The third kappa shape index (κ3) is 5.34. The Labute approximate surface area is 239 Å². The molecule has 2 fully saturated rings. The summed E-state index contributed by atoms with van der Waals surface area (Å²) in [6.45, 7) is 5.15. The highest BCUT2D eigenvalue weighted by atomic mass is 28.1. The number of aromatic nitrogens is 1. The molecule has 2 aliphatic rings. The van der Waals surface area contributed by atoms with Crippen molar-refractivity contribution in [3.63, 3.8) is 0 Å². The largest absolute Gasteiger partial charge is 0.493 e. The standard InChI is InChI=1S/C34H34N3O2Si/c1-22-6-4-7-24(18-22)10-11-25-19-29(27-8-5-16-35-30(27)20-25)34(14-15-34)36-32(38)28-21-26(12-9-23(28)2)39-33(40)31-13-17-37(31)3/h4-12,16,18-21,31,33H,13-15,17H2,1-3H3,(H,36,38)/b11-10+/t31-,33?/m0/s1. The van der Waals surface area contributed by atoms with Crippen LogP contribution in [0.2, 0.25) is 0 Å². The van der Waals surface area contributed by atoms with E-state index in [4.69, 9.17) is 4.74 Å². The number of benzene rings is 3. The van der Waals surface area contributed by atoms with Gasteiger partial charge in [-0.05, 0) is 99.3 Å². The second kappa shape index (κ2) is 10.7. The van der Waals surface area contributed by atoms with E-state index in [1.54, 1.807) is 0 Å². The van der Waals surface area contributed by atoms with Crippen LogP contribution in [0.4, 0.5) is 0 Å². The fourth-order valence-corrected chi connectivity index (χ4v) is 6.15. The first-order chi connectivity index (χ1) is 19.3. The van der Waals surface area contributed by atoms with Gasteiger partial charge in [-0.1, -0.05) is 54.1 Å². The SMILES string of the molecule is Cc1cccc(/C=C/c2cc(C3(NC(=O)c4cc(OC([Si])[C@@H]5CCN5C)ccc4C)CC3)c3cccnc3c2)c1. The number of ether oxygens (including phenoxy) is 1. The number of aryl methyl sites for hydroxylation is 2. The second-order valence-corrected chi connectivity index (χ2v) is 11.8. The summed E-state index contributed by atoms with van der Waals surface area (Å²) in [5, 5.41) is 4.48. The van der Waals surface area contributed by atoms with Crippen LogP contribution in [-0.2, 0) is 5.54 Å². The van der Waals surface area contributed by atoms with Crippen molar-refractivity contribution in [2.75, 3.05) is 13.6 Å². The molecule has 2 atom stereocenters. The fourth-order valence-electron chi connectivity index (χ4n) is 5.60. The Kier molecular flexibility index (Phi) is 7.07. The molecule has 1 aromatic heterocycles. The lowest BCUT2D eigenvalue weighted by atomic mass is 9.95. The van der Waals surface area contributed by atoms with Gasteiger partial charge in [-0.3, -0.25) is 9.78 Å². The summed E-state index contributed by atoms with van der Waals surface area (Å²) in [7, 11) is 5.84. The topological polar surface area (TPSA) is 54.5 Å². The lowest BCUT2D eigenvalue weighted by molar-refractivity contribution is 0.0562. The highest BCUT2D eigenvalue weighted by Crippen LogP contribution is 2.48. The first-order valence-corrected chi connectivity index (χ1v) is 14.5. The Morgan fingerprint density at radius 3 is 2.62 bits per heavy atom. The number of nitrogens with zero attached hydrogens (tertiary/aromatic N) is 2. The Morgan fingerprint density at radius 1 is 1.07 bits per heavy atom. The maximum atomic E-state index is 13.7. The first kappa shape index (κ1) is 26.5. The Bertz CT molecular complexity index is 1610. The molecule has 1 saturated carbocycles. The number of pyridine rings is 1. The smallest absolute Gasteiger partial charge is 0.252 e. The summed E-state index contributed by atoms with van der Waals surface area (Å²) in [6, 6.07) is 22.9. The second-order valence-electron chi connectivity index (χ2n) is 11.3. The molecule has 6 heteroatoms. The van der Waals surface area contributed by atoms with E-state index in [1.807, 2.05) is 37.4 Å². The minimum absolute atomic E-state index is 0.0792. The highest BCUT2D eigenvalue weighted by molar-refractivity contribution is 6.11. The zero-order chi connectivity index (χ0) is 27.9. The van der Waals surface area contributed by atoms with Gasteiger partial charge in [0.25, 0.3) is 5.91 Å². The first-order valence-electron chi connectivity index (χ1n) is 14.0. The van der Waals surface area contributed by atoms with Gasteiger partial charge in [0.2, 0.25) is 0 Å². The normalized spacial score (nSPS) is 18.9. The Balaban J connectivity index is 1.28. The Morgan fingerprint density at radius 2 is 1.90 bits per heavy atom. The number of hydrogen-bond acceptors (Lipinski definition) is 4. The van der Waals surface area contributed by atoms with Crippen LogP contribution in [0.3, 0.4) is 0 Å². The molecule has 1 amide bonds. The van der Waals surface area contributed by atoms with E-state index in [1.165, 1.54) is 5.56 Å². The predicted octanol–water partition coefficient (Wildman–Crippen LogP) is 6.02. The van der Waals surface area contributed by atoms with Crippen molar-refractivity contribution in [1.82, 2.24) is 15.2 Å². The van der Waals surface area contributed by atoms with E-state index in [2.05, 4.69) is 94.0 Å². The Hall–Kier alpha value is -3.74. The molecule has 6 rings (SSSR count). The van der Waals surface area contributed by atoms with Gasteiger partial charge in [0.05, 0.1) is 27.0 Å². The van der Waals surface area contributed by atoms with E-state index in [0.717, 1.165) is 59.0 Å². The van der Waals surface area contributed by atoms with Crippen molar-refractivity contribution in [2.45, 2.75) is 50.4 Å². The van der Waals surface area contributed by atoms with Crippen LogP contribution < -0.4 is 10.1 Å². The number of carbonyl (C=O) groups is 1. The van der Waals surface area contributed by atoms with Gasteiger partial charge in [0.15, 0.2) is 0 Å². The summed E-state index contributed by atoms with van der Waals surface area (Å²) in [5.41, 5.74) is 6.53. The lowest BCUT2D eigenvalue weighted by Crippen LogP contribution is -2.53. The van der Waals surface area contributed by atoms with E-state index in [-0.39, 0.29) is 11.6 Å². The van der Waals surface area contributed by atoms with Crippen LogP contribution >= 0.6 is 0 Å². The summed E-state index contributed by atoms with van der Waals surface area (Å²) in [6.07, 6.45) is 8.96. The molecule has 1 saturated heterocycles. The molecule has 1 aliphatic carbocycles. The molecule has 4 aromatic rings. The van der Waals surface area contributed by atoms with Gasteiger partial charge in [-0.15, -0.1) is 0 Å². The molecule has 40 heavy (non-hydrogen) atoms. The third-order valence-corrected chi connectivity index (χ3v) is 8.78. The summed E-state index contributed by atoms with van der Waals surface area (Å²) in [5.74, 6) is 0.614. The number of amides is 1. The fraction of sp³-hybridized carbons (Fsp3) is 0.294. The van der Waals surface area contributed by atoms with Crippen LogP contribution in [0, 0.1) is 13.8 Å². The van der Waals surface area contributed by atoms with E-state index in [9.17, 15) is 4.79 Å². The summed E-state index contributed by atoms with van der Waals surface area (Å²) in [4.78, 5) is 20.7. The molecule has 1 unspecified atom stereocenters. The van der Waals surface area contributed by atoms with Crippen LogP contribution in [0.15, 0.2) is 72.9 Å². The van der Waals surface area contributed by atoms with Crippen molar-refractivity contribution in [1.29, 1.82) is 0 Å². The van der Waals surface area contributed by atoms with Crippen molar-refractivity contribution in [3.8, 4) is 5.75 Å². The molecule has 201 valence electrons. The molecular formula is C34H34N3O2Si. The van der Waals surface area contributed by atoms with Crippen molar-refractivity contribution in [3.05, 3.63) is 106 Å². The molecule has 3 aromatic carbocycles. The zero-order valence-corrected chi connectivity index (χ0v) is 24.3. The molecule has 1 aliphatic heterocycles. The minimum atomic E-state index is -0.416. The van der Waals surface area contributed by atoms with E-state index < -0.39 is 5.54 Å². The molecule has 0 spiro atoms. The molecule has 1 N–H and O–H groups in total. The van der Waals surface area contributed by atoms with Gasteiger partial charge in [-0.25, -0.2) is 0 Å². The predicted molar refractivity (Wildman–Crippen MR) is 163 cm³/mol. The van der Waals surface area contributed by atoms with Crippen LogP contribution in [0.5, 0.6) is 5.75 Å². The number of fused-ring (bicyclic) bond motifs is 1. The lowest BCUT2D eigenvalue weighted by Gasteiger charge is -2.41. The molecule has 3 radical (unpaired) electrons. The van der Waals surface area contributed by atoms with Gasteiger partial charge >= 0.3 is 0 Å². The van der Waals surface area contributed by atoms with Gasteiger partial charge in [-0.2, -0.15) is 0 Å². The highest BCUT2D eigenvalue weighted by Gasteiger charge is 2.47. The quantitative estimate of drug-likeness (QED) is 0.218. The van der Waals surface area contributed by atoms with Crippen LogP contribution in [-0.4, -0.2) is 51.4 Å². The average Bonchev–Trinajstić information content (AvgIpc) is 3.71. The summed E-state index contributed by atoms with van der Waals surface area (Å²) < 4.78 is 6.19. The zero-order valence-electron chi connectivity index (χ0n) is 23.3. The molecule has 0 bridgehead atoms. The number of carbonyl (C=O) groups excluding carboxylic acids is 1. The minimum Gasteiger partial charge on any atom is -0.493 e.